The van der Waals surface area contributed by atoms with Gasteiger partial charge in [-0.25, -0.2) is 0 Å². The molecule has 0 radical (unpaired) electrons. The molecule has 0 aliphatic carbocycles. The molecular formula is C23H16N4OS2. The zero-order valence-corrected chi connectivity index (χ0v) is 17.7. The number of hydrogen-bond acceptors (Lipinski definition) is 7. The van der Waals surface area contributed by atoms with Crippen molar-refractivity contribution < 1.29 is 4.74 Å². The van der Waals surface area contributed by atoms with Gasteiger partial charge in [0.25, 0.3) is 0 Å². The summed E-state index contributed by atoms with van der Waals surface area (Å²) >= 11 is 3.02. The second-order valence-electron chi connectivity index (χ2n) is 7.21. The third-order valence-electron chi connectivity index (χ3n) is 6.01. The van der Waals surface area contributed by atoms with Crippen LogP contribution in [-0.2, 0) is 4.08 Å². The summed E-state index contributed by atoms with van der Waals surface area (Å²) in [6.45, 7) is 0. The molecule has 0 amide bonds. The third kappa shape index (κ3) is 2.34. The van der Waals surface area contributed by atoms with Crippen LogP contribution in [0, 0.1) is 56.2 Å². The molecule has 30 heavy (non-hydrogen) atoms. The van der Waals surface area contributed by atoms with Gasteiger partial charge in [-0.05, 0) is 23.3 Å². The van der Waals surface area contributed by atoms with Crippen molar-refractivity contribution in [1.29, 1.82) is 21.0 Å². The lowest BCUT2D eigenvalue weighted by molar-refractivity contribution is 0.216. The van der Waals surface area contributed by atoms with E-state index in [-0.39, 0.29) is 5.25 Å². The van der Waals surface area contributed by atoms with Crippen molar-refractivity contribution in [3.63, 3.8) is 0 Å². The minimum absolute atomic E-state index is 0.0892. The molecule has 0 saturated carbocycles. The molecule has 2 aliphatic heterocycles. The second kappa shape index (κ2) is 7.30. The first-order valence-corrected chi connectivity index (χ1v) is 11.1. The molecule has 3 atom stereocenters. The van der Waals surface area contributed by atoms with E-state index in [1.54, 1.807) is 19.2 Å². The van der Waals surface area contributed by atoms with Gasteiger partial charge in [0, 0.05) is 16.9 Å². The van der Waals surface area contributed by atoms with Crippen LogP contribution in [0.4, 0.5) is 0 Å². The molecule has 0 N–H and O–H groups in total. The normalized spacial score (nSPS) is 27.6. The Morgan fingerprint density at radius 3 is 2.07 bits per heavy atom. The van der Waals surface area contributed by atoms with Crippen molar-refractivity contribution in [1.82, 2.24) is 0 Å². The van der Waals surface area contributed by atoms with E-state index in [0.717, 1.165) is 11.1 Å². The Labute approximate surface area is 183 Å². The Hall–Kier alpha value is -3.10. The molecule has 2 aliphatic rings. The van der Waals surface area contributed by atoms with Gasteiger partial charge in [-0.2, -0.15) is 21.0 Å². The zero-order chi connectivity index (χ0) is 21.4. The van der Waals surface area contributed by atoms with E-state index in [4.69, 9.17) is 4.74 Å². The van der Waals surface area contributed by atoms with E-state index in [9.17, 15) is 21.0 Å². The number of hydrogen-bond donors (Lipinski definition) is 0. The zero-order valence-electron chi connectivity index (χ0n) is 16.1. The highest BCUT2D eigenvalue weighted by atomic mass is 32.2. The first-order valence-electron chi connectivity index (χ1n) is 9.24. The maximum Gasteiger partial charge on any atom is 0.203 e. The fourth-order valence-electron chi connectivity index (χ4n) is 4.60. The standard InChI is InChI=1S/C23H16N4OS2/c1-28-18-9-7-17(8-10-18)23-22(14-26,15-27)21(12-24,13-25)20(19(30-23)11-29-23)16-5-3-2-4-6-16/h2-10,19-20H,11H2,1H3. The van der Waals surface area contributed by atoms with Gasteiger partial charge < -0.3 is 4.74 Å². The van der Waals surface area contributed by atoms with Crippen molar-refractivity contribution in [2.24, 2.45) is 10.8 Å². The first kappa shape index (κ1) is 20.2. The third-order valence-corrected chi connectivity index (χ3v) is 9.95. The van der Waals surface area contributed by atoms with Crippen LogP contribution in [0.3, 0.4) is 0 Å². The summed E-state index contributed by atoms with van der Waals surface area (Å²) in [6, 6.07) is 25.2. The summed E-state index contributed by atoms with van der Waals surface area (Å²) < 4.78 is 4.20. The van der Waals surface area contributed by atoms with E-state index >= 15 is 0 Å². The summed E-state index contributed by atoms with van der Waals surface area (Å²) in [7, 11) is 1.57. The number of ether oxygens (including phenoxy) is 1. The summed E-state index contributed by atoms with van der Waals surface area (Å²) in [6.07, 6.45) is 0. The topological polar surface area (TPSA) is 104 Å². The molecule has 5 nitrogen and oxygen atoms in total. The lowest BCUT2D eigenvalue weighted by Gasteiger charge is -2.51. The highest BCUT2D eigenvalue weighted by Crippen LogP contribution is 2.77. The van der Waals surface area contributed by atoms with Gasteiger partial charge >= 0.3 is 0 Å². The number of benzene rings is 2. The number of fused-ring (bicyclic) bond motifs is 2. The molecule has 2 fully saturated rings. The van der Waals surface area contributed by atoms with E-state index in [1.165, 1.54) is 23.5 Å². The quantitative estimate of drug-likeness (QED) is 0.705. The van der Waals surface area contributed by atoms with E-state index in [2.05, 4.69) is 24.3 Å². The maximum absolute atomic E-state index is 10.4. The van der Waals surface area contributed by atoms with Gasteiger partial charge in [0.2, 0.25) is 5.41 Å². The highest BCUT2D eigenvalue weighted by molar-refractivity contribution is 8.21. The SMILES string of the molecule is COc1ccc(C23SCC(S2)C(c2ccccc2)C(C#N)(C#N)C3(C#N)C#N)cc1. The lowest BCUT2D eigenvalue weighted by atomic mass is 9.55. The smallest absolute Gasteiger partial charge is 0.203 e. The average Bonchev–Trinajstić information content (AvgIpc) is 3.22. The summed E-state index contributed by atoms with van der Waals surface area (Å²) in [5.74, 6) is 0.732. The molecule has 2 aromatic carbocycles. The van der Waals surface area contributed by atoms with E-state index < -0.39 is 20.8 Å². The number of rotatable bonds is 3. The van der Waals surface area contributed by atoms with Crippen LogP contribution < -0.4 is 4.74 Å². The Kier molecular flexibility index (Phi) is 4.91. The molecule has 0 spiro atoms. The van der Waals surface area contributed by atoms with Gasteiger partial charge in [0.1, 0.15) is 9.83 Å². The van der Waals surface area contributed by atoms with Crippen molar-refractivity contribution in [3.8, 4) is 30.0 Å². The number of thioether (sulfide) groups is 2. The minimum atomic E-state index is -1.87. The van der Waals surface area contributed by atoms with Crippen LogP contribution in [0.15, 0.2) is 54.6 Å². The van der Waals surface area contributed by atoms with Gasteiger partial charge in [-0.3, -0.25) is 0 Å². The van der Waals surface area contributed by atoms with E-state index in [1.807, 2.05) is 42.5 Å². The molecule has 7 heteroatoms. The van der Waals surface area contributed by atoms with E-state index in [0.29, 0.717) is 11.5 Å². The Morgan fingerprint density at radius 2 is 1.53 bits per heavy atom. The van der Waals surface area contributed by atoms with Crippen LogP contribution in [-0.4, -0.2) is 18.1 Å². The highest BCUT2D eigenvalue weighted by Gasteiger charge is 2.77. The van der Waals surface area contributed by atoms with Crippen molar-refractivity contribution >= 4 is 23.5 Å². The fourth-order valence-corrected chi connectivity index (χ4v) is 8.91. The van der Waals surface area contributed by atoms with Crippen LogP contribution in [0.5, 0.6) is 5.75 Å². The molecule has 146 valence electrons. The van der Waals surface area contributed by atoms with Gasteiger partial charge in [-0.15, -0.1) is 23.5 Å². The Balaban J connectivity index is 2.02. The van der Waals surface area contributed by atoms with Crippen LogP contribution in [0.25, 0.3) is 0 Å². The van der Waals surface area contributed by atoms with Crippen molar-refractivity contribution in [2.75, 3.05) is 12.9 Å². The maximum atomic E-state index is 10.4. The molecule has 2 aromatic rings. The summed E-state index contributed by atoms with van der Waals surface area (Å²) in [4.78, 5) is 0. The Morgan fingerprint density at radius 1 is 0.900 bits per heavy atom. The largest absolute Gasteiger partial charge is 0.497 e. The number of nitriles is 4. The Bertz CT molecular complexity index is 1110. The lowest BCUT2D eigenvalue weighted by Crippen LogP contribution is -2.57. The molecule has 4 rings (SSSR count). The fraction of sp³-hybridized carbons (Fsp3) is 0.304. The summed E-state index contributed by atoms with van der Waals surface area (Å²) in [5, 5.41) is 41.5. The van der Waals surface area contributed by atoms with Gasteiger partial charge in [0.15, 0.2) is 5.41 Å². The number of nitrogens with zero attached hydrogens (tertiary/aromatic N) is 4. The second-order valence-corrected chi connectivity index (χ2v) is 10.2. The predicted octanol–water partition coefficient (Wildman–Crippen LogP) is 4.56. The molecule has 3 unspecified atom stereocenters. The van der Waals surface area contributed by atoms with Gasteiger partial charge in [-0.1, -0.05) is 42.5 Å². The van der Waals surface area contributed by atoms with Gasteiger partial charge in [0.05, 0.1) is 31.4 Å². The van der Waals surface area contributed by atoms with Crippen LogP contribution in [0.2, 0.25) is 0 Å². The molecular weight excluding hydrogens is 412 g/mol. The number of methoxy groups -OCH3 is 1. The average molecular weight is 429 g/mol. The summed E-state index contributed by atoms with van der Waals surface area (Å²) in [5.41, 5.74) is -2.15. The molecule has 0 aromatic heterocycles. The van der Waals surface area contributed by atoms with Crippen LogP contribution >= 0.6 is 23.5 Å². The molecule has 2 bridgehead atoms. The first-order chi connectivity index (χ1) is 14.6. The molecule has 2 heterocycles. The van der Waals surface area contributed by atoms with Crippen molar-refractivity contribution in [2.45, 2.75) is 15.2 Å². The molecule has 2 saturated heterocycles. The monoisotopic (exact) mass is 428 g/mol. The minimum Gasteiger partial charge on any atom is -0.497 e. The predicted molar refractivity (Wildman–Crippen MR) is 115 cm³/mol. The van der Waals surface area contributed by atoms with Crippen molar-refractivity contribution in [3.05, 3.63) is 65.7 Å². The van der Waals surface area contributed by atoms with Crippen LogP contribution in [0.1, 0.15) is 17.0 Å².